The molecule has 0 aliphatic carbocycles. The number of allylic oxidation sites excluding steroid dienone is 1. The number of aromatic nitrogens is 5. The molecule has 0 amide bonds. The number of halogens is 2. The van der Waals surface area contributed by atoms with Crippen molar-refractivity contribution in [2.75, 3.05) is 17.2 Å². The van der Waals surface area contributed by atoms with Gasteiger partial charge in [-0.2, -0.15) is 15.1 Å². The second kappa shape index (κ2) is 7.71. The van der Waals surface area contributed by atoms with Crippen molar-refractivity contribution in [3.8, 4) is 0 Å². The number of benzene rings is 1. The van der Waals surface area contributed by atoms with Gasteiger partial charge in [-0.05, 0) is 31.6 Å². The van der Waals surface area contributed by atoms with Crippen LogP contribution in [0.1, 0.15) is 13.8 Å². The quantitative estimate of drug-likeness (QED) is 0.369. The Hall–Kier alpha value is -3.13. The Labute approximate surface area is 172 Å². The van der Waals surface area contributed by atoms with Gasteiger partial charge < -0.3 is 15.6 Å². The Morgan fingerprint density at radius 3 is 2.97 bits per heavy atom. The molecule has 0 spiro atoms. The molecule has 150 valence electrons. The second-order valence-electron chi connectivity index (χ2n) is 6.79. The van der Waals surface area contributed by atoms with Crippen molar-refractivity contribution in [2.24, 2.45) is 0 Å². The van der Waals surface area contributed by atoms with Crippen LogP contribution in [0, 0.1) is 0 Å². The van der Waals surface area contributed by atoms with Crippen LogP contribution in [0.25, 0.3) is 21.9 Å². The summed E-state index contributed by atoms with van der Waals surface area (Å²) in [4.78, 5) is 12.1. The predicted octanol–water partition coefficient (Wildman–Crippen LogP) is 5.05. The summed E-state index contributed by atoms with van der Waals surface area (Å²) in [6.45, 7) is 8.15. The lowest BCUT2D eigenvalue weighted by atomic mass is 10.2. The largest absolute Gasteiger partial charge is 0.370 e. The molecule has 9 heteroatoms. The van der Waals surface area contributed by atoms with Crippen LogP contribution in [0.2, 0.25) is 5.02 Å². The first kappa shape index (κ1) is 19.2. The van der Waals surface area contributed by atoms with Gasteiger partial charge in [0.25, 0.3) is 0 Å². The van der Waals surface area contributed by atoms with E-state index >= 15 is 0 Å². The summed E-state index contributed by atoms with van der Waals surface area (Å²) < 4.78 is 15.8. The molecule has 0 radical (unpaired) electrons. The molecule has 1 aromatic carbocycles. The van der Waals surface area contributed by atoms with Crippen LogP contribution in [-0.4, -0.2) is 37.4 Å². The van der Waals surface area contributed by atoms with E-state index in [2.05, 4.69) is 37.3 Å². The average molecular weight is 414 g/mol. The van der Waals surface area contributed by atoms with Gasteiger partial charge in [0.2, 0.25) is 5.95 Å². The lowest BCUT2D eigenvalue weighted by Gasteiger charge is -2.11. The van der Waals surface area contributed by atoms with Crippen LogP contribution in [0.15, 0.2) is 42.7 Å². The number of hydrogen-bond donors (Lipinski definition) is 3. The molecule has 0 bridgehead atoms. The highest BCUT2D eigenvalue weighted by molar-refractivity contribution is 6.36. The standard InChI is InChI=1S/C20H21ClFN7/c1-4-23-18-17-13(21)9-24-19(17)28-20(27-18)26-15-6-5-7-16-12(15)8-25-29(16)10-14(22)11(2)3/h5-9,14H,2,4,10H2,1,3H3,(H3,23,24,26,27,28). The van der Waals surface area contributed by atoms with E-state index in [-0.39, 0.29) is 6.54 Å². The molecular formula is C20H21ClFN7. The molecule has 29 heavy (non-hydrogen) atoms. The molecule has 0 aliphatic heterocycles. The third-order valence-electron chi connectivity index (χ3n) is 4.63. The second-order valence-corrected chi connectivity index (χ2v) is 7.20. The summed E-state index contributed by atoms with van der Waals surface area (Å²) in [6.07, 6.45) is 2.24. The number of hydrogen-bond acceptors (Lipinski definition) is 5. The van der Waals surface area contributed by atoms with Gasteiger partial charge >= 0.3 is 0 Å². The summed E-state index contributed by atoms with van der Waals surface area (Å²) in [5.41, 5.74) is 2.70. The zero-order valence-electron chi connectivity index (χ0n) is 16.1. The number of rotatable bonds is 7. The molecule has 0 fully saturated rings. The topological polar surface area (TPSA) is 83.5 Å². The molecule has 3 aromatic heterocycles. The first-order valence-electron chi connectivity index (χ1n) is 9.27. The fourth-order valence-electron chi connectivity index (χ4n) is 3.13. The minimum atomic E-state index is -1.15. The number of alkyl halides is 1. The van der Waals surface area contributed by atoms with E-state index < -0.39 is 6.17 Å². The van der Waals surface area contributed by atoms with Crippen molar-refractivity contribution >= 4 is 51.0 Å². The third kappa shape index (κ3) is 3.63. The average Bonchev–Trinajstić information content (AvgIpc) is 3.27. The van der Waals surface area contributed by atoms with E-state index in [1.54, 1.807) is 24.0 Å². The highest BCUT2D eigenvalue weighted by atomic mass is 35.5. The molecule has 3 N–H and O–H groups in total. The minimum absolute atomic E-state index is 0.121. The van der Waals surface area contributed by atoms with Crippen LogP contribution in [0.3, 0.4) is 0 Å². The Kier molecular flexibility index (Phi) is 5.10. The lowest BCUT2D eigenvalue weighted by Crippen LogP contribution is -2.13. The van der Waals surface area contributed by atoms with Crippen LogP contribution < -0.4 is 10.6 Å². The zero-order valence-corrected chi connectivity index (χ0v) is 16.9. The van der Waals surface area contributed by atoms with Gasteiger partial charge in [0, 0.05) is 18.1 Å². The van der Waals surface area contributed by atoms with Gasteiger partial charge in [0.05, 0.1) is 34.4 Å². The van der Waals surface area contributed by atoms with Gasteiger partial charge in [0.1, 0.15) is 17.6 Å². The monoisotopic (exact) mass is 413 g/mol. The van der Waals surface area contributed by atoms with Crippen molar-refractivity contribution < 1.29 is 4.39 Å². The molecule has 0 saturated carbocycles. The zero-order chi connectivity index (χ0) is 20.5. The number of aromatic amines is 1. The Morgan fingerprint density at radius 1 is 1.38 bits per heavy atom. The maximum Gasteiger partial charge on any atom is 0.231 e. The molecule has 1 unspecified atom stereocenters. The fraction of sp³-hybridized carbons (Fsp3) is 0.250. The maximum absolute atomic E-state index is 14.1. The first-order chi connectivity index (χ1) is 14.0. The van der Waals surface area contributed by atoms with Crippen LogP contribution in [0.5, 0.6) is 0 Å². The molecule has 3 heterocycles. The van der Waals surface area contributed by atoms with E-state index in [0.717, 1.165) is 22.0 Å². The number of anilines is 3. The summed E-state index contributed by atoms with van der Waals surface area (Å²) in [5.74, 6) is 1.06. The van der Waals surface area contributed by atoms with Crippen LogP contribution >= 0.6 is 11.6 Å². The number of nitrogens with zero attached hydrogens (tertiary/aromatic N) is 4. The van der Waals surface area contributed by atoms with Crippen molar-refractivity contribution in [1.82, 2.24) is 24.7 Å². The van der Waals surface area contributed by atoms with Crippen molar-refractivity contribution in [1.29, 1.82) is 0 Å². The van der Waals surface area contributed by atoms with Gasteiger partial charge in [-0.25, -0.2) is 4.39 Å². The van der Waals surface area contributed by atoms with Gasteiger partial charge in [-0.1, -0.05) is 24.2 Å². The van der Waals surface area contributed by atoms with Crippen LogP contribution in [0.4, 0.5) is 21.8 Å². The highest BCUT2D eigenvalue weighted by Gasteiger charge is 2.15. The Balaban J connectivity index is 1.71. The number of nitrogens with one attached hydrogen (secondary N) is 3. The molecule has 0 aliphatic rings. The van der Waals surface area contributed by atoms with Gasteiger partial charge in [-0.3, -0.25) is 4.68 Å². The number of fused-ring (bicyclic) bond motifs is 2. The van der Waals surface area contributed by atoms with E-state index in [1.807, 2.05) is 25.1 Å². The molecule has 1 atom stereocenters. The van der Waals surface area contributed by atoms with Gasteiger partial charge in [-0.15, -0.1) is 0 Å². The van der Waals surface area contributed by atoms with Crippen LogP contribution in [-0.2, 0) is 6.54 Å². The van der Waals surface area contributed by atoms with E-state index in [1.165, 1.54) is 0 Å². The minimum Gasteiger partial charge on any atom is -0.370 e. The first-order valence-corrected chi connectivity index (χ1v) is 9.65. The normalized spacial score (nSPS) is 12.4. The molecule has 4 rings (SSSR count). The Morgan fingerprint density at radius 2 is 2.21 bits per heavy atom. The van der Waals surface area contributed by atoms with E-state index in [4.69, 9.17) is 11.6 Å². The molecule has 4 aromatic rings. The molecular weight excluding hydrogens is 393 g/mol. The summed E-state index contributed by atoms with van der Waals surface area (Å²) in [7, 11) is 0. The smallest absolute Gasteiger partial charge is 0.231 e. The SMILES string of the molecule is C=C(C)C(F)Cn1ncc2c(Nc3nc(NCC)c4c(Cl)c[nH]c4n3)cccc21. The van der Waals surface area contributed by atoms with Crippen molar-refractivity contribution in [3.05, 3.63) is 47.8 Å². The summed E-state index contributed by atoms with van der Waals surface area (Å²) >= 11 is 6.25. The fourth-order valence-corrected chi connectivity index (χ4v) is 3.37. The summed E-state index contributed by atoms with van der Waals surface area (Å²) in [5, 5.41) is 13.0. The number of H-pyrrole nitrogens is 1. The van der Waals surface area contributed by atoms with Crippen molar-refractivity contribution in [3.63, 3.8) is 0 Å². The van der Waals surface area contributed by atoms with Gasteiger partial charge in [0.15, 0.2) is 0 Å². The summed E-state index contributed by atoms with van der Waals surface area (Å²) in [6, 6.07) is 5.69. The molecule has 0 saturated heterocycles. The lowest BCUT2D eigenvalue weighted by molar-refractivity contribution is 0.332. The Bertz CT molecular complexity index is 1200. The predicted molar refractivity (Wildman–Crippen MR) is 116 cm³/mol. The maximum atomic E-state index is 14.1. The molecule has 7 nitrogen and oxygen atoms in total. The third-order valence-corrected chi connectivity index (χ3v) is 4.93. The van der Waals surface area contributed by atoms with E-state index in [0.29, 0.717) is 34.6 Å². The van der Waals surface area contributed by atoms with Crippen molar-refractivity contribution in [2.45, 2.75) is 26.6 Å². The highest BCUT2D eigenvalue weighted by Crippen LogP contribution is 2.31. The van der Waals surface area contributed by atoms with E-state index in [9.17, 15) is 4.39 Å².